The van der Waals surface area contributed by atoms with Gasteiger partial charge in [0.25, 0.3) is 10.1 Å². The fourth-order valence-electron chi connectivity index (χ4n) is 3.48. The van der Waals surface area contributed by atoms with Crippen LogP contribution in [0.15, 0.2) is 47.4 Å². The highest BCUT2D eigenvalue weighted by molar-refractivity contribution is 7.86. The maximum atomic E-state index is 14.7. The zero-order valence-corrected chi connectivity index (χ0v) is 17.8. The van der Waals surface area contributed by atoms with E-state index >= 15 is 0 Å². The molecule has 2 aliphatic heterocycles. The number of aryl methyl sites for hydroxylation is 1. The molecule has 2 aromatic rings. The summed E-state index contributed by atoms with van der Waals surface area (Å²) < 4.78 is 54.9. The van der Waals surface area contributed by atoms with E-state index in [0.717, 1.165) is 5.56 Å². The first-order chi connectivity index (χ1) is 14.8. The van der Waals surface area contributed by atoms with Crippen molar-refractivity contribution in [3.05, 3.63) is 53.8 Å². The SMILES string of the molecule is Cc1ccc(S(=O)(=O)OC[C@H]2CN(c3ccc(N4CCOCC4)c(F)c3)C(=O)O2)cc1. The Morgan fingerprint density at radius 2 is 1.84 bits per heavy atom. The molecule has 2 fully saturated rings. The Hall–Kier alpha value is -2.69. The molecule has 166 valence electrons. The summed E-state index contributed by atoms with van der Waals surface area (Å²) in [4.78, 5) is 15.4. The molecule has 0 N–H and O–H groups in total. The number of hydrogen-bond donors (Lipinski definition) is 0. The monoisotopic (exact) mass is 450 g/mol. The third kappa shape index (κ3) is 4.81. The number of anilines is 2. The van der Waals surface area contributed by atoms with Crippen molar-refractivity contribution in [2.75, 3.05) is 49.3 Å². The van der Waals surface area contributed by atoms with Gasteiger partial charge in [0.05, 0.1) is 36.0 Å². The number of benzene rings is 2. The van der Waals surface area contributed by atoms with Crippen LogP contribution in [0.4, 0.5) is 20.6 Å². The van der Waals surface area contributed by atoms with Crippen molar-refractivity contribution in [3.63, 3.8) is 0 Å². The lowest BCUT2D eigenvalue weighted by molar-refractivity contribution is 0.107. The average molecular weight is 450 g/mol. The van der Waals surface area contributed by atoms with Gasteiger partial charge in [-0.1, -0.05) is 17.7 Å². The van der Waals surface area contributed by atoms with Gasteiger partial charge in [-0.3, -0.25) is 9.08 Å². The molecular formula is C21H23FN2O6S. The predicted octanol–water partition coefficient (Wildman–Crippen LogP) is 2.70. The summed E-state index contributed by atoms with van der Waals surface area (Å²) in [6.07, 6.45) is -1.48. The van der Waals surface area contributed by atoms with E-state index in [0.29, 0.717) is 37.7 Å². The molecular weight excluding hydrogens is 427 g/mol. The first kappa shape index (κ1) is 21.5. The molecule has 2 aliphatic rings. The molecule has 2 aromatic carbocycles. The summed E-state index contributed by atoms with van der Waals surface area (Å²) in [5.74, 6) is -0.450. The van der Waals surface area contributed by atoms with Crippen LogP contribution in [0.25, 0.3) is 0 Å². The van der Waals surface area contributed by atoms with Gasteiger partial charge in [-0.2, -0.15) is 8.42 Å². The minimum absolute atomic E-state index is 0.0278. The molecule has 0 bridgehead atoms. The van der Waals surface area contributed by atoms with Crippen LogP contribution in [0.2, 0.25) is 0 Å². The topological polar surface area (TPSA) is 85.4 Å². The Morgan fingerprint density at radius 1 is 1.13 bits per heavy atom. The van der Waals surface area contributed by atoms with Gasteiger partial charge in [0.15, 0.2) is 0 Å². The number of rotatable bonds is 6. The van der Waals surface area contributed by atoms with Gasteiger partial charge in [-0.15, -0.1) is 0 Å². The van der Waals surface area contributed by atoms with Crippen LogP contribution in [0.1, 0.15) is 5.56 Å². The van der Waals surface area contributed by atoms with Crippen LogP contribution < -0.4 is 9.80 Å². The largest absolute Gasteiger partial charge is 0.441 e. The third-order valence-electron chi connectivity index (χ3n) is 5.19. The van der Waals surface area contributed by atoms with E-state index < -0.39 is 28.1 Å². The molecule has 1 atom stereocenters. The molecule has 1 amide bonds. The van der Waals surface area contributed by atoms with Crippen molar-refractivity contribution < 1.29 is 31.3 Å². The lowest BCUT2D eigenvalue weighted by atomic mass is 10.2. The second kappa shape index (κ2) is 8.81. The minimum Gasteiger partial charge on any atom is -0.441 e. The van der Waals surface area contributed by atoms with Crippen LogP contribution >= 0.6 is 0 Å². The van der Waals surface area contributed by atoms with Gasteiger partial charge in [-0.25, -0.2) is 9.18 Å². The maximum absolute atomic E-state index is 14.7. The Labute approximate surface area is 180 Å². The molecule has 0 aliphatic carbocycles. The van der Waals surface area contributed by atoms with E-state index in [1.807, 2.05) is 11.8 Å². The molecule has 2 saturated heterocycles. The normalized spacial score (nSPS) is 19.5. The molecule has 0 spiro atoms. The molecule has 8 nitrogen and oxygen atoms in total. The highest BCUT2D eigenvalue weighted by Crippen LogP contribution is 2.28. The predicted molar refractivity (Wildman–Crippen MR) is 111 cm³/mol. The summed E-state index contributed by atoms with van der Waals surface area (Å²) >= 11 is 0. The van der Waals surface area contributed by atoms with Gasteiger partial charge in [0.1, 0.15) is 18.5 Å². The first-order valence-electron chi connectivity index (χ1n) is 9.90. The van der Waals surface area contributed by atoms with E-state index in [2.05, 4.69) is 0 Å². The number of amides is 1. The molecule has 0 saturated carbocycles. The van der Waals surface area contributed by atoms with Gasteiger partial charge >= 0.3 is 6.09 Å². The molecule has 0 radical (unpaired) electrons. The number of carbonyl (C=O) groups excluding carboxylic acids is 1. The summed E-state index contributed by atoms with van der Waals surface area (Å²) in [6.45, 7) is 3.83. The number of ether oxygens (including phenoxy) is 2. The third-order valence-corrected chi connectivity index (χ3v) is 6.48. The molecule has 31 heavy (non-hydrogen) atoms. The number of cyclic esters (lactones) is 1. The first-order valence-corrected chi connectivity index (χ1v) is 11.3. The number of morpholine rings is 1. The number of nitrogens with zero attached hydrogens (tertiary/aromatic N) is 2. The second-order valence-corrected chi connectivity index (χ2v) is 9.02. The van der Waals surface area contributed by atoms with Crippen molar-refractivity contribution in [1.82, 2.24) is 0 Å². The van der Waals surface area contributed by atoms with Crippen LogP contribution in [-0.4, -0.2) is 60.1 Å². The quantitative estimate of drug-likeness (QED) is 0.626. The van der Waals surface area contributed by atoms with Gasteiger partial charge in [0, 0.05) is 13.1 Å². The van der Waals surface area contributed by atoms with Gasteiger partial charge in [-0.05, 0) is 37.3 Å². The van der Waals surface area contributed by atoms with Crippen LogP contribution in [0.5, 0.6) is 0 Å². The maximum Gasteiger partial charge on any atom is 0.414 e. The van der Waals surface area contributed by atoms with E-state index in [1.54, 1.807) is 24.3 Å². The Morgan fingerprint density at radius 3 is 2.52 bits per heavy atom. The highest BCUT2D eigenvalue weighted by Gasteiger charge is 2.34. The zero-order valence-electron chi connectivity index (χ0n) is 17.0. The van der Waals surface area contributed by atoms with Gasteiger partial charge < -0.3 is 14.4 Å². The smallest absolute Gasteiger partial charge is 0.414 e. The number of hydrogen-bond acceptors (Lipinski definition) is 7. The van der Waals surface area contributed by atoms with Crippen molar-refractivity contribution in [1.29, 1.82) is 0 Å². The van der Waals surface area contributed by atoms with Crippen LogP contribution in [0, 0.1) is 12.7 Å². The summed E-state index contributed by atoms with van der Waals surface area (Å²) in [7, 11) is -3.97. The molecule has 10 heteroatoms. The fraction of sp³-hybridized carbons (Fsp3) is 0.381. The fourth-order valence-corrected chi connectivity index (χ4v) is 4.42. The summed E-state index contributed by atoms with van der Waals surface area (Å²) in [5, 5.41) is 0. The van der Waals surface area contributed by atoms with E-state index in [-0.39, 0.29) is 18.0 Å². The number of carbonyl (C=O) groups is 1. The lowest BCUT2D eigenvalue weighted by Gasteiger charge is -2.29. The zero-order chi connectivity index (χ0) is 22.0. The Kier molecular flexibility index (Phi) is 6.12. The van der Waals surface area contributed by atoms with E-state index in [9.17, 15) is 17.6 Å². The lowest BCUT2D eigenvalue weighted by Crippen LogP contribution is -2.36. The Balaban J connectivity index is 1.40. The van der Waals surface area contributed by atoms with Crippen molar-refractivity contribution in [3.8, 4) is 0 Å². The van der Waals surface area contributed by atoms with Crippen LogP contribution in [-0.2, 0) is 23.8 Å². The van der Waals surface area contributed by atoms with Crippen LogP contribution in [0.3, 0.4) is 0 Å². The van der Waals surface area contributed by atoms with Crippen molar-refractivity contribution in [2.45, 2.75) is 17.9 Å². The summed E-state index contributed by atoms with van der Waals surface area (Å²) in [6, 6.07) is 10.8. The average Bonchev–Trinajstić information content (AvgIpc) is 3.14. The number of halogens is 1. The summed E-state index contributed by atoms with van der Waals surface area (Å²) in [5.41, 5.74) is 1.71. The molecule has 4 rings (SSSR count). The molecule has 0 aromatic heterocycles. The highest BCUT2D eigenvalue weighted by atomic mass is 32.2. The van der Waals surface area contributed by atoms with E-state index in [1.165, 1.54) is 23.1 Å². The minimum atomic E-state index is -3.97. The Bertz CT molecular complexity index is 1050. The van der Waals surface area contributed by atoms with Gasteiger partial charge in [0.2, 0.25) is 0 Å². The molecule has 2 heterocycles. The van der Waals surface area contributed by atoms with E-state index in [4.69, 9.17) is 13.7 Å². The second-order valence-electron chi connectivity index (χ2n) is 7.40. The van der Waals surface area contributed by atoms with Crippen molar-refractivity contribution in [2.24, 2.45) is 0 Å². The standard InChI is InChI=1S/C21H23FN2O6S/c1-15-2-5-18(6-3-15)31(26,27)29-14-17-13-24(21(25)30-17)16-4-7-20(19(22)12-16)23-8-10-28-11-9-23/h2-7,12,17H,8-11,13-14H2,1H3/t17-/m1/s1. The molecule has 0 unspecified atom stereocenters. The van der Waals surface area contributed by atoms with Crippen molar-refractivity contribution >= 4 is 27.6 Å².